The van der Waals surface area contributed by atoms with Crippen molar-refractivity contribution in [2.45, 2.75) is 18.1 Å². The zero-order valence-electron chi connectivity index (χ0n) is 11.2. The number of hydrogen-bond donors (Lipinski definition) is 1. The summed E-state index contributed by atoms with van der Waals surface area (Å²) >= 11 is 2.85. The molecule has 20 heavy (non-hydrogen) atoms. The Morgan fingerprint density at radius 2 is 2.30 bits per heavy atom. The highest BCUT2D eigenvalue weighted by Gasteiger charge is 2.17. The number of carbonyl (C=O) groups is 1. The molecule has 1 unspecified atom stereocenters. The molecule has 1 aromatic heterocycles. The lowest BCUT2D eigenvalue weighted by molar-refractivity contribution is -0.133. The molecule has 4 nitrogen and oxygen atoms in total. The van der Waals surface area contributed by atoms with Gasteiger partial charge in [0, 0.05) is 11.8 Å². The van der Waals surface area contributed by atoms with E-state index in [1.807, 2.05) is 17.7 Å². The van der Waals surface area contributed by atoms with Crippen LogP contribution in [-0.4, -0.2) is 38.4 Å². The van der Waals surface area contributed by atoms with E-state index in [0.29, 0.717) is 16.2 Å². The Morgan fingerprint density at radius 1 is 1.55 bits per heavy atom. The van der Waals surface area contributed by atoms with Gasteiger partial charge in [-0.15, -0.1) is 0 Å². The molecule has 1 N–H and O–H groups in total. The molecule has 0 aliphatic rings. The van der Waals surface area contributed by atoms with Crippen molar-refractivity contribution in [2.75, 3.05) is 17.8 Å². The number of carboxylic acid groups (broad SMARTS) is 1. The Kier molecular flexibility index (Phi) is 4.93. The third-order valence-electron chi connectivity index (χ3n) is 2.79. The van der Waals surface area contributed by atoms with E-state index in [4.69, 9.17) is 5.11 Å². The smallest absolute Gasteiger partial charge is 0.313 e. The monoisotopic (exact) mass is 314 g/mol. The van der Waals surface area contributed by atoms with Crippen LogP contribution in [0.2, 0.25) is 0 Å². The predicted octanol–water partition coefficient (Wildman–Crippen LogP) is 3.28. The minimum atomic E-state index is -0.891. The third-order valence-corrected chi connectivity index (χ3v) is 4.55. The van der Waals surface area contributed by atoms with Gasteiger partial charge in [0.05, 0.1) is 16.8 Å². The zero-order chi connectivity index (χ0) is 14.7. The van der Waals surface area contributed by atoms with Crippen LogP contribution in [0.4, 0.5) is 4.39 Å². The first-order valence-electron chi connectivity index (χ1n) is 6.04. The molecule has 0 aliphatic heterocycles. The molecule has 108 valence electrons. The Hall–Kier alpha value is -1.21. The molecule has 0 amide bonds. The minimum absolute atomic E-state index is 0.0577. The van der Waals surface area contributed by atoms with Crippen LogP contribution in [0.25, 0.3) is 11.0 Å². The Balaban J connectivity index is 2.48. The quantitative estimate of drug-likeness (QED) is 0.829. The first-order chi connectivity index (χ1) is 9.52. The van der Waals surface area contributed by atoms with Crippen molar-refractivity contribution in [2.24, 2.45) is 0 Å². The molecule has 1 heterocycles. The van der Waals surface area contributed by atoms with Crippen molar-refractivity contribution >= 4 is 40.5 Å². The predicted molar refractivity (Wildman–Crippen MR) is 81.1 cm³/mol. The molecule has 0 bridgehead atoms. The molecule has 1 atom stereocenters. The molecule has 0 aliphatic carbocycles. The van der Waals surface area contributed by atoms with Gasteiger partial charge < -0.3 is 9.67 Å². The van der Waals surface area contributed by atoms with Crippen LogP contribution in [0, 0.1) is 5.82 Å². The number of nitrogens with zero attached hydrogens (tertiary/aromatic N) is 2. The van der Waals surface area contributed by atoms with Crippen LogP contribution in [0.15, 0.2) is 23.4 Å². The van der Waals surface area contributed by atoms with Crippen LogP contribution in [-0.2, 0) is 4.79 Å². The second-order valence-corrected chi connectivity index (χ2v) is 6.24. The van der Waals surface area contributed by atoms with E-state index in [1.54, 1.807) is 17.8 Å². The van der Waals surface area contributed by atoms with E-state index < -0.39 is 5.97 Å². The summed E-state index contributed by atoms with van der Waals surface area (Å²) in [6, 6.07) is 4.56. The fourth-order valence-electron chi connectivity index (χ4n) is 2.01. The standard InChI is InChI=1S/C13H15FN2O2S2/c1-8(6-19-2)16-11-5-9(14)3-4-10(11)15-13(16)20-7-12(17)18/h3-5,8H,6-7H2,1-2H3,(H,17,18). The number of rotatable bonds is 6. The molecule has 0 spiro atoms. The Bertz CT molecular complexity index is 630. The van der Waals surface area contributed by atoms with E-state index in [0.717, 1.165) is 17.5 Å². The highest BCUT2D eigenvalue weighted by molar-refractivity contribution is 7.99. The number of thioether (sulfide) groups is 2. The van der Waals surface area contributed by atoms with E-state index in [-0.39, 0.29) is 17.6 Å². The molecule has 0 fully saturated rings. The molecule has 0 saturated carbocycles. The van der Waals surface area contributed by atoms with Crippen LogP contribution >= 0.6 is 23.5 Å². The average molecular weight is 314 g/mol. The van der Waals surface area contributed by atoms with Gasteiger partial charge in [0.25, 0.3) is 0 Å². The lowest BCUT2D eigenvalue weighted by atomic mass is 10.3. The normalized spacial score (nSPS) is 12.8. The van der Waals surface area contributed by atoms with Crippen molar-refractivity contribution in [1.29, 1.82) is 0 Å². The maximum Gasteiger partial charge on any atom is 0.313 e. The SMILES string of the molecule is CSCC(C)n1c(SCC(=O)O)nc2ccc(F)cc21. The Labute approximate surface area is 124 Å². The van der Waals surface area contributed by atoms with Crippen molar-refractivity contribution in [3.63, 3.8) is 0 Å². The maximum atomic E-state index is 13.4. The molecule has 0 saturated heterocycles. The minimum Gasteiger partial charge on any atom is -0.481 e. The lowest BCUT2D eigenvalue weighted by Crippen LogP contribution is -2.10. The molecule has 0 radical (unpaired) electrons. The number of fused-ring (bicyclic) bond motifs is 1. The average Bonchev–Trinajstić information content (AvgIpc) is 2.74. The van der Waals surface area contributed by atoms with Gasteiger partial charge in [-0.25, -0.2) is 9.37 Å². The summed E-state index contributed by atoms with van der Waals surface area (Å²) in [7, 11) is 0. The van der Waals surface area contributed by atoms with Gasteiger partial charge in [0.15, 0.2) is 5.16 Å². The summed E-state index contributed by atoms with van der Waals surface area (Å²) in [5, 5.41) is 9.42. The topological polar surface area (TPSA) is 55.1 Å². The first kappa shape index (κ1) is 15.2. The summed E-state index contributed by atoms with van der Waals surface area (Å²) in [6.45, 7) is 2.02. The number of aliphatic carboxylic acids is 1. The second-order valence-electron chi connectivity index (χ2n) is 4.38. The second kappa shape index (κ2) is 6.49. The van der Waals surface area contributed by atoms with Gasteiger partial charge in [-0.2, -0.15) is 11.8 Å². The first-order valence-corrected chi connectivity index (χ1v) is 8.42. The fraction of sp³-hybridized carbons (Fsp3) is 0.385. The van der Waals surface area contributed by atoms with Crippen molar-refractivity contribution in [1.82, 2.24) is 9.55 Å². The summed E-state index contributed by atoms with van der Waals surface area (Å²) in [5.74, 6) is -0.414. The summed E-state index contributed by atoms with van der Waals surface area (Å²) in [6.07, 6.45) is 2.00. The Morgan fingerprint density at radius 3 is 2.95 bits per heavy atom. The summed E-state index contributed by atoms with van der Waals surface area (Å²) in [5.41, 5.74) is 1.40. The van der Waals surface area contributed by atoms with Crippen LogP contribution in [0.5, 0.6) is 0 Å². The van der Waals surface area contributed by atoms with Gasteiger partial charge >= 0.3 is 5.97 Å². The molecular formula is C13H15FN2O2S2. The molecule has 2 aromatic rings. The fourth-order valence-corrected chi connectivity index (χ4v) is 3.48. The van der Waals surface area contributed by atoms with Gasteiger partial charge in [-0.05, 0) is 31.4 Å². The highest BCUT2D eigenvalue weighted by Crippen LogP contribution is 2.29. The summed E-state index contributed by atoms with van der Waals surface area (Å²) in [4.78, 5) is 15.1. The maximum absolute atomic E-state index is 13.4. The van der Waals surface area contributed by atoms with Crippen molar-refractivity contribution in [3.05, 3.63) is 24.0 Å². The van der Waals surface area contributed by atoms with Gasteiger partial charge in [0.1, 0.15) is 5.82 Å². The van der Waals surface area contributed by atoms with Crippen LogP contribution < -0.4 is 0 Å². The lowest BCUT2D eigenvalue weighted by Gasteiger charge is -2.16. The summed E-state index contributed by atoms with van der Waals surface area (Å²) < 4.78 is 15.4. The van der Waals surface area contributed by atoms with Crippen LogP contribution in [0.1, 0.15) is 13.0 Å². The van der Waals surface area contributed by atoms with Crippen molar-refractivity contribution in [3.8, 4) is 0 Å². The zero-order valence-corrected chi connectivity index (χ0v) is 12.8. The molecular weight excluding hydrogens is 299 g/mol. The highest BCUT2D eigenvalue weighted by atomic mass is 32.2. The molecule has 2 rings (SSSR count). The van der Waals surface area contributed by atoms with E-state index in [9.17, 15) is 9.18 Å². The number of aromatic nitrogens is 2. The number of halogens is 1. The van der Waals surface area contributed by atoms with Crippen molar-refractivity contribution < 1.29 is 14.3 Å². The number of imidazole rings is 1. The number of hydrogen-bond acceptors (Lipinski definition) is 4. The molecule has 7 heteroatoms. The van der Waals surface area contributed by atoms with Gasteiger partial charge in [-0.3, -0.25) is 4.79 Å². The number of carboxylic acids is 1. The van der Waals surface area contributed by atoms with E-state index in [1.165, 1.54) is 12.1 Å². The molecule has 1 aromatic carbocycles. The third kappa shape index (κ3) is 3.27. The van der Waals surface area contributed by atoms with Gasteiger partial charge in [-0.1, -0.05) is 11.8 Å². The van der Waals surface area contributed by atoms with E-state index >= 15 is 0 Å². The van der Waals surface area contributed by atoms with Gasteiger partial charge in [0.2, 0.25) is 0 Å². The van der Waals surface area contributed by atoms with Crippen LogP contribution in [0.3, 0.4) is 0 Å². The number of benzene rings is 1. The largest absolute Gasteiger partial charge is 0.481 e. The van der Waals surface area contributed by atoms with E-state index in [2.05, 4.69) is 4.98 Å².